The number of carbonyl (C=O) groups is 7. The fraction of sp³-hybridized carbons (Fsp3) is 0.650. The van der Waals surface area contributed by atoms with Gasteiger partial charge in [-0.2, -0.15) is 5.26 Å². The number of phenolic OH excluding ortho intramolecular Hbond substituents is 1. The molecule has 0 radical (unpaired) electrons. The molecule has 0 bridgehead atoms. The van der Waals surface area contributed by atoms with E-state index >= 15 is 0 Å². The van der Waals surface area contributed by atoms with Crippen LogP contribution in [0.5, 0.6) is 11.5 Å². The molecule has 1 aromatic rings. The van der Waals surface area contributed by atoms with Crippen LogP contribution in [0, 0.1) is 17.2 Å². The van der Waals surface area contributed by atoms with Crippen molar-refractivity contribution in [2.24, 2.45) is 5.92 Å². The van der Waals surface area contributed by atoms with Crippen molar-refractivity contribution in [1.82, 2.24) is 36.4 Å². The first kappa shape index (κ1) is 58.7. The van der Waals surface area contributed by atoms with Gasteiger partial charge in [0.1, 0.15) is 41.9 Å². The molecule has 3 heterocycles. The van der Waals surface area contributed by atoms with E-state index in [1.165, 1.54) is 33.8 Å². The number of nitriles is 1. The molecule has 1 aromatic carbocycles. The predicted octanol–water partition coefficient (Wildman–Crippen LogP) is -8.48. The summed E-state index contributed by atoms with van der Waals surface area (Å²) in [6.07, 6.45) is -14.1. The molecule has 7 unspecified atom stereocenters. The molecule has 3 fully saturated rings. The third-order valence-electron chi connectivity index (χ3n) is 11.1. The van der Waals surface area contributed by atoms with E-state index in [2.05, 4.69) is 36.0 Å². The molecular weight excluding hydrogens is 952 g/mol. The third kappa shape index (κ3) is 15.9. The molecular formula is C40H57N8NaO19S. The minimum Gasteiger partial charge on any atom is -0.691 e. The molecule has 0 spiro atoms. The Morgan fingerprint density at radius 2 is 1.55 bits per heavy atom. The summed E-state index contributed by atoms with van der Waals surface area (Å²) < 4.78 is 14.3. The number of rotatable bonds is 11. The Balaban J connectivity index is 0.0000126. The number of ether oxygens (including phenoxy) is 1. The zero-order chi connectivity index (χ0) is 50.8. The molecule has 4 rings (SSSR count). The van der Waals surface area contributed by atoms with Gasteiger partial charge in [0.2, 0.25) is 35.4 Å². The van der Waals surface area contributed by atoms with Crippen LogP contribution in [0.25, 0.3) is 0 Å². The number of hydrogen-bond donors (Lipinski definition) is 12. The SMILES string of the molecule is CC(O)C1NC(=O)[C@@H](NC(=O)OC(C)(C)C)C[C@H](O)CNC(=O)C2[C@@H](O)C(C)CN2C(=O)[C@H]([C@H](O)CC#N)NC(=O)C([C@H](O)Cc2ccc(O)c(OSOO[O-])c2)NC(=O)C2CC(O)CN2C1=O.[Na+]. The van der Waals surface area contributed by atoms with E-state index in [-0.39, 0.29) is 59.7 Å². The van der Waals surface area contributed by atoms with Crippen LogP contribution in [0.4, 0.5) is 4.79 Å². The van der Waals surface area contributed by atoms with E-state index in [1.807, 2.05) is 0 Å². The van der Waals surface area contributed by atoms with E-state index in [0.29, 0.717) is 0 Å². The van der Waals surface area contributed by atoms with E-state index in [0.717, 1.165) is 28.9 Å². The topological polar surface area (TPSA) is 412 Å². The van der Waals surface area contributed by atoms with Crippen molar-refractivity contribution in [3.05, 3.63) is 23.8 Å². The van der Waals surface area contributed by atoms with Gasteiger partial charge in [-0.05, 0) is 45.4 Å². The van der Waals surface area contributed by atoms with Gasteiger partial charge in [-0.15, -0.1) is 4.33 Å². The van der Waals surface area contributed by atoms with Gasteiger partial charge in [0.15, 0.2) is 11.5 Å². The van der Waals surface area contributed by atoms with Gasteiger partial charge in [-0.3, -0.25) is 33.8 Å². The number of nitrogens with one attached hydrogen (secondary N) is 5. The van der Waals surface area contributed by atoms with Crippen LogP contribution >= 0.6 is 12.3 Å². The fourth-order valence-corrected chi connectivity index (χ4v) is 8.01. The van der Waals surface area contributed by atoms with Gasteiger partial charge in [0.25, 0.3) is 12.3 Å². The maximum absolute atomic E-state index is 14.4. The van der Waals surface area contributed by atoms with Crippen LogP contribution in [-0.2, 0) is 49.3 Å². The average Bonchev–Trinajstić information content (AvgIpc) is 3.80. The minimum absolute atomic E-state index is 0. The summed E-state index contributed by atoms with van der Waals surface area (Å²) in [4.78, 5) is 99.4. The normalized spacial score (nSPS) is 29.0. The van der Waals surface area contributed by atoms with E-state index in [1.54, 1.807) is 6.07 Å². The van der Waals surface area contributed by atoms with Gasteiger partial charge in [0, 0.05) is 44.8 Å². The van der Waals surface area contributed by atoms with Crippen molar-refractivity contribution in [3.63, 3.8) is 0 Å². The number of nitrogens with zero attached hydrogens (tertiary/aromatic N) is 3. The number of alkyl carbamates (subject to hydrolysis) is 1. The second-order valence-corrected chi connectivity index (χ2v) is 18.1. The first-order chi connectivity index (χ1) is 31.9. The fourth-order valence-electron chi connectivity index (χ4n) is 7.75. The van der Waals surface area contributed by atoms with Crippen molar-refractivity contribution >= 4 is 53.9 Å². The molecule has 27 nitrogen and oxygen atoms in total. The van der Waals surface area contributed by atoms with E-state index < -0.39 is 170 Å². The van der Waals surface area contributed by atoms with Gasteiger partial charge >= 0.3 is 35.7 Å². The van der Waals surface area contributed by atoms with Crippen LogP contribution in [-0.4, -0.2) is 185 Å². The Labute approximate surface area is 421 Å². The predicted molar refractivity (Wildman–Crippen MR) is 226 cm³/mol. The number of aromatic hydroxyl groups is 1. The molecule has 3 aliphatic rings. The summed E-state index contributed by atoms with van der Waals surface area (Å²) in [5.74, 6) is -8.83. The molecule has 3 saturated heterocycles. The van der Waals surface area contributed by atoms with Crippen LogP contribution in [0.2, 0.25) is 0 Å². The van der Waals surface area contributed by atoms with Crippen LogP contribution in [0.15, 0.2) is 18.2 Å². The van der Waals surface area contributed by atoms with E-state index in [9.17, 15) is 79.8 Å². The van der Waals surface area contributed by atoms with Crippen LogP contribution in [0.1, 0.15) is 59.4 Å². The molecule has 29 heteroatoms. The summed E-state index contributed by atoms with van der Waals surface area (Å²) >= 11 is 0.00485. The average molecular weight is 1010 g/mol. The number of hydrogen-bond acceptors (Lipinski definition) is 21. The molecule has 69 heavy (non-hydrogen) atoms. The number of benzene rings is 1. The number of aliphatic hydroxyl groups excluding tert-OH is 6. The number of aliphatic hydroxyl groups is 6. The first-order valence-electron chi connectivity index (χ1n) is 21.2. The van der Waals surface area contributed by atoms with Crippen molar-refractivity contribution in [2.75, 3.05) is 19.6 Å². The maximum Gasteiger partial charge on any atom is 1.00 e. The molecule has 0 aromatic heterocycles. The number of β-amino-alcohol motifs (C(OH)–C–C–N with tert-alkyl or cyclic N) is 1. The second-order valence-electron chi connectivity index (χ2n) is 17.6. The number of carbonyl (C=O) groups excluding carboxylic acids is 7. The van der Waals surface area contributed by atoms with Crippen molar-refractivity contribution < 1.29 is 122 Å². The molecule has 13 atom stereocenters. The van der Waals surface area contributed by atoms with Gasteiger partial charge in [-0.25, -0.2) is 4.79 Å². The largest absolute Gasteiger partial charge is 1.00 e. The zero-order valence-corrected chi connectivity index (χ0v) is 41.3. The standard InChI is InChI=1S/C40H58N8O19S.Na/c1-17-15-48-31(32(17)55)36(59)42-14-20(50)12-22(43-39(62)64-40(3,4)5)33(56)44-28(18(2)49)37(60)47-16-21(51)13-23(47)34(57)45-29(35(58)46-30(38(48)61)25(53)8-9-41)26(54)10-19-6-7-24(52)27(11-19)65-68-67-66-63;/h6-7,11,17-18,20-23,25-26,28-32,49-55,63H,8,10,12-16H2,1-5H3,(H,42,59)(H,43,62)(H,44,56)(H,45,57)(H,46,58);/q;+1/p-1/t17?,18?,20-,21?,22-,23?,25+,26+,28?,29?,30-,31?,32-;/m0./s1. The van der Waals surface area contributed by atoms with Crippen LogP contribution < -0.4 is 65.6 Å². The second kappa shape index (κ2) is 26.0. The van der Waals surface area contributed by atoms with Crippen molar-refractivity contribution in [3.8, 4) is 17.6 Å². The van der Waals surface area contributed by atoms with Crippen molar-refractivity contribution in [1.29, 1.82) is 5.26 Å². The molecule has 0 aliphatic carbocycles. The maximum atomic E-state index is 14.4. The van der Waals surface area contributed by atoms with Gasteiger partial charge in [0.05, 0.1) is 49.1 Å². The molecule has 12 N–H and O–H groups in total. The summed E-state index contributed by atoms with van der Waals surface area (Å²) in [7, 11) is 0. The number of phenols is 1. The summed E-state index contributed by atoms with van der Waals surface area (Å²) in [5.41, 5.74) is -0.989. The Hall–Kier alpha value is -4.61. The zero-order valence-electron chi connectivity index (χ0n) is 38.5. The smallest absolute Gasteiger partial charge is 0.691 e. The molecule has 7 amide bonds. The Morgan fingerprint density at radius 3 is 2.17 bits per heavy atom. The summed E-state index contributed by atoms with van der Waals surface area (Å²) in [5, 5.41) is 111. The molecule has 0 saturated carbocycles. The number of fused-ring (bicyclic) bond motifs is 2. The van der Waals surface area contributed by atoms with Crippen LogP contribution in [0.3, 0.4) is 0 Å². The first-order valence-corrected chi connectivity index (χ1v) is 21.9. The summed E-state index contributed by atoms with van der Waals surface area (Å²) in [6.45, 7) is 5.54. The van der Waals surface area contributed by atoms with Gasteiger partial charge < -0.3 is 86.3 Å². The Kier molecular flexibility index (Phi) is 22.1. The van der Waals surface area contributed by atoms with Crippen molar-refractivity contribution in [2.45, 2.75) is 139 Å². The van der Waals surface area contributed by atoms with E-state index in [4.69, 9.17) is 8.92 Å². The Bertz CT molecular complexity index is 2050. The third-order valence-corrected chi connectivity index (χ3v) is 11.4. The molecule has 3 aliphatic heterocycles. The Morgan fingerprint density at radius 1 is 0.913 bits per heavy atom. The monoisotopic (exact) mass is 1010 g/mol. The number of amides is 7. The quantitative estimate of drug-likeness (QED) is 0.0322. The summed E-state index contributed by atoms with van der Waals surface area (Å²) in [6, 6.07) is -6.19. The molecule has 378 valence electrons. The minimum atomic E-state index is -2.14. The van der Waals surface area contributed by atoms with Gasteiger partial charge in [-0.1, -0.05) is 13.0 Å².